The van der Waals surface area contributed by atoms with E-state index >= 15 is 0 Å². The second-order valence-electron chi connectivity index (χ2n) is 4.55. The van der Waals surface area contributed by atoms with Gasteiger partial charge < -0.3 is 0 Å². The molecule has 1 atom stereocenters. The number of ketones is 1. The first-order valence-corrected chi connectivity index (χ1v) is 6.44. The van der Waals surface area contributed by atoms with Crippen LogP contribution in [0.3, 0.4) is 0 Å². The Kier molecular flexibility index (Phi) is 4.33. The Morgan fingerprint density at radius 1 is 1.21 bits per heavy atom. The predicted molar refractivity (Wildman–Crippen MR) is 75.0 cm³/mol. The lowest BCUT2D eigenvalue weighted by molar-refractivity contribution is -0.118. The van der Waals surface area contributed by atoms with Gasteiger partial charge in [0.15, 0.2) is 0 Å². The van der Waals surface area contributed by atoms with E-state index in [1.54, 1.807) is 24.3 Å². The second kappa shape index (κ2) is 5.98. The highest BCUT2D eigenvalue weighted by molar-refractivity contribution is 6.30. The molecule has 2 rings (SSSR count). The van der Waals surface area contributed by atoms with E-state index in [-0.39, 0.29) is 17.5 Å². The number of hydrogen-bond acceptors (Lipinski definition) is 1. The summed E-state index contributed by atoms with van der Waals surface area (Å²) in [5, 5.41) is 0.661. The van der Waals surface area contributed by atoms with Gasteiger partial charge in [-0.15, -0.1) is 0 Å². The molecular weight excluding hydrogens is 263 g/mol. The van der Waals surface area contributed by atoms with Gasteiger partial charge in [0.25, 0.3) is 0 Å². The molecule has 3 heteroatoms. The molecule has 98 valence electrons. The smallest absolute Gasteiger partial charge is 0.137 e. The normalized spacial score (nSPS) is 12.2. The Labute approximate surface area is 117 Å². The van der Waals surface area contributed by atoms with Crippen LogP contribution >= 0.6 is 11.6 Å². The lowest BCUT2D eigenvalue weighted by Gasteiger charge is -2.14. The lowest BCUT2D eigenvalue weighted by atomic mass is 9.89. The molecule has 2 aromatic carbocycles. The number of hydrogen-bond donors (Lipinski definition) is 0. The van der Waals surface area contributed by atoms with Gasteiger partial charge in [0, 0.05) is 10.9 Å². The third-order valence-corrected chi connectivity index (χ3v) is 3.35. The number of halogens is 2. The van der Waals surface area contributed by atoms with Gasteiger partial charge in [0.2, 0.25) is 0 Å². The molecule has 0 fully saturated rings. The van der Waals surface area contributed by atoms with Crippen molar-refractivity contribution in [3.05, 3.63) is 70.5 Å². The summed E-state index contributed by atoms with van der Waals surface area (Å²) in [4.78, 5) is 11.8. The Morgan fingerprint density at radius 3 is 2.47 bits per heavy atom. The Hall–Kier alpha value is -1.67. The summed E-state index contributed by atoms with van der Waals surface area (Å²) in [6.45, 7) is 1.53. The molecule has 0 bridgehead atoms. The van der Waals surface area contributed by atoms with Crippen LogP contribution < -0.4 is 0 Å². The Balaban J connectivity index is 2.26. The molecule has 0 radical (unpaired) electrons. The Bertz CT molecular complexity index is 578. The van der Waals surface area contributed by atoms with E-state index in [4.69, 9.17) is 11.6 Å². The minimum atomic E-state index is -0.322. The fourth-order valence-corrected chi connectivity index (χ4v) is 2.20. The number of carbonyl (C=O) groups is 1. The zero-order valence-corrected chi connectivity index (χ0v) is 11.3. The molecule has 2 aromatic rings. The standard InChI is InChI=1S/C16H14ClFO/c1-11(19)16(13-3-2-4-15(18)10-13)9-12-5-7-14(17)8-6-12/h2-8,10,16H,9H2,1H3/t16-/m1/s1. The monoisotopic (exact) mass is 276 g/mol. The third kappa shape index (κ3) is 3.65. The number of rotatable bonds is 4. The molecule has 1 nitrogen and oxygen atoms in total. The van der Waals surface area contributed by atoms with Gasteiger partial charge in [-0.3, -0.25) is 4.79 Å². The van der Waals surface area contributed by atoms with Crippen LogP contribution in [0.1, 0.15) is 24.0 Å². The van der Waals surface area contributed by atoms with Crippen molar-refractivity contribution in [1.29, 1.82) is 0 Å². The largest absolute Gasteiger partial charge is 0.299 e. The van der Waals surface area contributed by atoms with Gasteiger partial charge in [-0.2, -0.15) is 0 Å². The quantitative estimate of drug-likeness (QED) is 0.809. The van der Waals surface area contributed by atoms with Crippen molar-refractivity contribution in [2.24, 2.45) is 0 Å². The first-order valence-electron chi connectivity index (χ1n) is 6.06. The fraction of sp³-hybridized carbons (Fsp3) is 0.188. The SMILES string of the molecule is CC(=O)[C@@H](Cc1ccc(Cl)cc1)c1cccc(F)c1. The Morgan fingerprint density at radius 2 is 1.89 bits per heavy atom. The van der Waals surface area contributed by atoms with Gasteiger partial charge in [-0.25, -0.2) is 4.39 Å². The maximum atomic E-state index is 13.3. The summed E-state index contributed by atoms with van der Waals surface area (Å²) in [5.41, 5.74) is 1.72. The summed E-state index contributed by atoms with van der Waals surface area (Å²) in [5.74, 6) is -0.614. The minimum Gasteiger partial charge on any atom is -0.299 e. The van der Waals surface area contributed by atoms with Gasteiger partial charge in [-0.05, 0) is 48.7 Å². The van der Waals surface area contributed by atoms with Crippen molar-refractivity contribution in [2.75, 3.05) is 0 Å². The average molecular weight is 277 g/mol. The summed E-state index contributed by atoms with van der Waals surface area (Å²) in [6.07, 6.45) is 0.552. The van der Waals surface area contributed by atoms with Crippen molar-refractivity contribution < 1.29 is 9.18 Å². The molecule has 0 N–H and O–H groups in total. The number of benzene rings is 2. The summed E-state index contributed by atoms with van der Waals surface area (Å²) in [6, 6.07) is 13.6. The van der Waals surface area contributed by atoms with Crippen LogP contribution in [0, 0.1) is 5.82 Å². The van der Waals surface area contributed by atoms with Gasteiger partial charge in [0.05, 0.1) is 0 Å². The van der Waals surface area contributed by atoms with E-state index in [0.29, 0.717) is 17.0 Å². The van der Waals surface area contributed by atoms with Crippen LogP contribution in [-0.2, 0) is 11.2 Å². The van der Waals surface area contributed by atoms with E-state index in [2.05, 4.69) is 0 Å². The lowest BCUT2D eigenvalue weighted by Crippen LogP contribution is -2.12. The first-order chi connectivity index (χ1) is 9.06. The fourth-order valence-electron chi connectivity index (χ4n) is 2.08. The molecule has 0 heterocycles. The van der Waals surface area contributed by atoms with Crippen molar-refractivity contribution in [1.82, 2.24) is 0 Å². The molecular formula is C16H14ClFO. The van der Waals surface area contributed by atoms with Gasteiger partial charge in [0.1, 0.15) is 11.6 Å². The molecule has 0 aromatic heterocycles. The van der Waals surface area contributed by atoms with Crippen LogP contribution in [-0.4, -0.2) is 5.78 Å². The maximum absolute atomic E-state index is 13.3. The second-order valence-corrected chi connectivity index (χ2v) is 4.99. The predicted octanol–water partition coefficient (Wildman–Crippen LogP) is 4.39. The molecule has 19 heavy (non-hydrogen) atoms. The van der Waals surface area contributed by atoms with Crippen LogP contribution in [0.4, 0.5) is 4.39 Å². The molecule has 0 saturated carbocycles. The summed E-state index contributed by atoms with van der Waals surface area (Å²) in [7, 11) is 0. The molecule has 0 aliphatic heterocycles. The molecule has 0 unspecified atom stereocenters. The minimum absolute atomic E-state index is 0.0283. The third-order valence-electron chi connectivity index (χ3n) is 3.09. The van der Waals surface area contributed by atoms with Gasteiger partial charge in [-0.1, -0.05) is 35.9 Å². The number of carbonyl (C=O) groups excluding carboxylic acids is 1. The van der Waals surface area contributed by atoms with Crippen LogP contribution in [0.15, 0.2) is 48.5 Å². The first kappa shape index (κ1) is 13.8. The highest BCUT2D eigenvalue weighted by Gasteiger charge is 2.17. The van der Waals surface area contributed by atoms with Crippen LogP contribution in [0.25, 0.3) is 0 Å². The molecule has 0 spiro atoms. The maximum Gasteiger partial charge on any atom is 0.137 e. The average Bonchev–Trinajstić information content (AvgIpc) is 2.37. The molecule has 0 amide bonds. The summed E-state index contributed by atoms with van der Waals surface area (Å²) >= 11 is 5.83. The summed E-state index contributed by atoms with van der Waals surface area (Å²) < 4.78 is 13.3. The molecule has 0 aliphatic carbocycles. The van der Waals surface area contributed by atoms with E-state index in [0.717, 1.165) is 5.56 Å². The van der Waals surface area contributed by atoms with E-state index in [1.807, 2.05) is 12.1 Å². The van der Waals surface area contributed by atoms with E-state index in [1.165, 1.54) is 19.1 Å². The van der Waals surface area contributed by atoms with Crippen molar-refractivity contribution in [3.8, 4) is 0 Å². The topological polar surface area (TPSA) is 17.1 Å². The van der Waals surface area contributed by atoms with E-state index < -0.39 is 0 Å². The van der Waals surface area contributed by atoms with Crippen molar-refractivity contribution in [3.63, 3.8) is 0 Å². The van der Waals surface area contributed by atoms with Crippen LogP contribution in [0.2, 0.25) is 5.02 Å². The molecule has 0 aliphatic rings. The zero-order chi connectivity index (χ0) is 13.8. The van der Waals surface area contributed by atoms with Crippen LogP contribution in [0.5, 0.6) is 0 Å². The van der Waals surface area contributed by atoms with Crippen molar-refractivity contribution in [2.45, 2.75) is 19.3 Å². The van der Waals surface area contributed by atoms with Crippen molar-refractivity contribution >= 4 is 17.4 Å². The van der Waals surface area contributed by atoms with Gasteiger partial charge >= 0.3 is 0 Å². The van der Waals surface area contributed by atoms with E-state index in [9.17, 15) is 9.18 Å². The highest BCUT2D eigenvalue weighted by atomic mass is 35.5. The molecule has 0 saturated heterocycles. The zero-order valence-electron chi connectivity index (χ0n) is 10.6. The highest BCUT2D eigenvalue weighted by Crippen LogP contribution is 2.23. The number of Topliss-reactive ketones (excluding diaryl/α,β-unsaturated/α-hetero) is 1.